The molecule has 1 aliphatic rings. The lowest BCUT2D eigenvalue weighted by molar-refractivity contribution is -0.117. The molecule has 1 aliphatic carbocycles. The van der Waals surface area contributed by atoms with E-state index in [1.54, 1.807) is 0 Å². The third-order valence-corrected chi connectivity index (χ3v) is 1.62. The van der Waals surface area contributed by atoms with E-state index in [0.717, 1.165) is 12.0 Å². The van der Waals surface area contributed by atoms with Crippen molar-refractivity contribution in [2.75, 3.05) is 6.54 Å². The molecule has 2 nitrogen and oxygen atoms in total. The van der Waals surface area contributed by atoms with Crippen molar-refractivity contribution in [1.82, 2.24) is 5.32 Å². The molecule has 1 N–H and O–H groups in total. The molecular weight excluding hydrogens is 150 g/mol. The molecule has 0 aromatic rings. The number of allylic oxidation sites excluding steroid dienone is 3. The van der Waals surface area contributed by atoms with Crippen molar-refractivity contribution in [3.05, 3.63) is 23.8 Å². The maximum Gasteiger partial charge on any atom is 0.247 e. The summed E-state index contributed by atoms with van der Waals surface area (Å²) in [6.07, 6.45) is 12.0. The first-order valence-corrected chi connectivity index (χ1v) is 3.92. The van der Waals surface area contributed by atoms with E-state index < -0.39 is 0 Å². The number of hydrogen-bond donors (Lipinski definition) is 1. The molecule has 1 rings (SSSR count). The minimum absolute atomic E-state index is 0.00440. The van der Waals surface area contributed by atoms with Crippen molar-refractivity contribution < 1.29 is 4.79 Å². The predicted octanol–water partition coefficient (Wildman–Crippen LogP) is 1.01. The zero-order valence-corrected chi connectivity index (χ0v) is 6.84. The van der Waals surface area contributed by atoms with Gasteiger partial charge in [-0.15, -0.1) is 12.3 Å². The highest BCUT2D eigenvalue weighted by atomic mass is 16.1. The highest BCUT2D eigenvalue weighted by Gasteiger charge is 2.07. The lowest BCUT2D eigenvalue weighted by atomic mass is 10.2. The summed E-state index contributed by atoms with van der Waals surface area (Å²) in [6.45, 7) is 0.562. The van der Waals surface area contributed by atoms with Gasteiger partial charge in [0.2, 0.25) is 5.91 Å². The van der Waals surface area contributed by atoms with E-state index >= 15 is 0 Å². The maximum atomic E-state index is 11.2. The molecule has 0 atom stereocenters. The molecule has 0 saturated carbocycles. The minimum atomic E-state index is -0.00440. The van der Waals surface area contributed by atoms with Gasteiger partial charge in [-0.1, -0.05) is 18.2 Å². The average Bonchev–Trinajstić information content (AvgIpc) is 2.56. The summed E-state index contributed by atoms with van der Waals surface area (Å²) >= 11 is 0. The second-order valence-electron chi connectivity index (χ2n) is 2.53. The van der Waals surface area contributed by atoms with Crippen LogP contribution in [-0.2, 0) is 4.79 Å². The average molecular weight is 161 g/mol. The van der Waals surface area contributed by atoms with Gasteiger partial charge in [-0.2, -0.15) is 0 Å². The van der Waals surface area contributed by atoms with Gasteiger partial charge in [0.05, 0.1) is 0 Å². The van der Waals surface area contributed by atoms with Gasteiger partial charge in [0.1, 0.15) is 0 Å². The molecular formula is C10H11NO. The first-order valence-electron chi connectivity index (χ1n) is 3.92. The molecule has 2 heteroatoms. The van der Waals surface area contributed by atoms with E-state index in [4.69, 9.17) is 6.42 Å². The summed E-state index contributed by atoms with van der Waals surface area (Å²) in [5.74, 6) is 2.46. The number of rotatable bonds is 3. The first kappa shape index (κ1) is 8.61. The normalized spacial score (nSPS) is 13.8. The van der Waals surface area contributed by atoms with E-state index in [2.05, 4.69) is 11.2 Å². The van der Waals surface area contributed by atoms with Crippen molar-refractivity contribution in [1.29, 1.82) is 0 Å². The Bertz CT molecular complexity index is 268. The third-order valence-electron chi connectivity index (χ3n) is 1.62. The monoisotopic (exact) mass is 161 g/mol. The predicted molar refractivity (Wildman–Crippen MR) is 48.3 cm³/mol. The van der Waals surface area contributed by atoms with Gasteiger partial charge in [-0.3, -0.25) is 4.79 Å². The molecule has 0 bridgehead atoms. The Kier molecular flexibility index (Phi) is 3.16. The van der Waals surface area contributed by atoms with Crippen molar-refractivity contribution >= 4 is 5.91 Å². The van der Waals surface area contributed by atoms with Crippen LogP contribution in [0.3, 0.4) is 0 Å². The smallest absolute Gasteiger partial charge is 0.247 e. The molecule has 0 aromatic carbocycles. The lowest BCUT2D eigenvalue weighted by Crippen LogP contribution is -2.25. The largest absolute Gasteiger partial charge is 0.351 e. The summed E-state index contributed by atoms with van der Waals surface area (Å²) in [5, 5.41) is 2.74. The fraction of sp³-hybridized carbons (Fsp3) is 0.300. The molecule has 0 saturated heterocycles. The highest BCUT2D eigenvalue weighted by molar-refractivity contribution is 5.94. The van der Waals surface area contributed by atoms with E-state index in [0.29, 0.717) is 13.0 Å². The molecule has 0 unspecified atom stereocenters. The summed E-state index contributed by atoms with van der Waals surface area (Å²) in [5.41, 5.74) is 0.812. The second-order valence-corrected chi connectivity index (χ2v) is 2.53. The Morgan fingerprint density at radius 1 is 1.75 bits per heavy atom. The molecule has 0 spiro atoms. The highest BCUT2D eigenvalue weighted by Crippen LogP contribution is 2.09. The van der Waals surface area contributed by atoms with Crippen LogP contribution in [-0.4, -0.2) is 12.5 Å². The van der Waals surface area contributed by atoms with E-state index in [9.17, 15) is 4.79 Å². The number of nitrogens with one attached hydrogen (secondary N) is 1. The summed E-state index contributed by atoms with van der Waals surface area (Å²) < 4.78 is 0. The molecule has 1 amide bonds. The Hall–Kier alpha value is -1.49. The molecule has 0 aliphatic heterocycles. The standard InChI is InChI=1S/C10H11NO/c1-2-3-8-11-10(12)9-6-4-5-7-9/h1,4-6H,3,7-8H2,(H,11,12). The number of hydrogen-bond acceptors (Lipinski definition) is 1. The van der Waals surface area contributed by atoms with Gasteiger partial charge < -0.3 is 5.32 Å². The zero-order chi connectivity index (χ0) is 8.81. The fourth-order valence-corrected chi connectivity index (χ4v) is 0.977. The first-order chi connectivity index (χ1) is 5.84. The van der Waals surface area contributed by atoms with Crippen LogP contribution < -0.4 is 5.32 Å². The van der Waals surface area contributed by atoms with Gasteiger partial charge >= 0.3 is 0 Å². The number of amides is 1. The number of carbonyl (C=O) groups is 1. The van der Waals surface area contributed by atoms with Crippen LogP contribution in [0.25, 0.3) is 0 Å². The fourth-order valence-electron chi connectivity index (χ4n) is 0.977. The SMILES string of the molecule is C#CCCNC(=O)C1=CC=CC1. The van der Waals surface area contributed by atoms with Crippen molar-refractivity contribution in [3.63, 3.8) is 0 Å². The van der Waals surface area contributed by atoms with Crippen molar-refractivity contribution in [3.8, 4) is 12.3 Å². The summed E-state index contributed by atoms with van der Waals surface area (Å²) in [6, 6.07) is 0. The van der Waals surface area contributed by atoms with E-state index in [-0.39, 0.29) is 5.91 Å². The van der Waals surface area contributed by atoms with Gasteiger partial charge in [0.25, 0.3) is 0 Å². The van der Waals surface area contributed by atoms with Crippen LogP contribution in [0.15, 0.2) is 23.8 Å². The quantitative estimate of drug-likeness (QED) is 0.486. The van der Waals surface area contributed by atoms with Crippen LogP contribution in [0.4, 0.5) is 0 Å². The van der Waals surface area contributed by atoms with Crippen molar-refractivity contribution in [2.24, 2.45) is 0 Å². The van der Waals surface area contributed by atoms with E-state index in [1.165, 1.54) is 0 Å². The Morgan fingerprint density at radius 2 is 2.58 bits per heavy atom. The topological polar surface area (TPSA) is 29.1 Å². The molecule has 0 aromatic heterocycles. The van der Waals surface area contributed by atoms with Gasteiger partial charge in [-0.25, -0.2) is 0 Å². The third kappa shape index (κ3) is 2.28. The Balaban J connectivity index is 2.26. The van der Waals surface area contributed by atoms with Crippen LogP contribution >= 0.6 is 0 Å². The Morgan fingerprint density at radius 3 is 3.17 bits per heavy atom. The summed E-state index contributed by atoms with van der Waals surface area (Å²) in [4.78, 5) is 11.2. The molecule has 0 fully saturated rings. The van der Waals surface area contributed by atoms with E-state index in [1.807, 2.05) is 18.2 Å². The second kappa shape index (κ2) is 4.40. The molecule has 12 heavy (non-hydrogen) atoms. The lowest BCUT2D eigenvalue weighted by Gasteiger charge is -2.02. The van der Waals surface area contributed by atoms with Gasteiger partial charge in [0, 0.05) is 18.5 Å². The molecule has 0 heterocycles. The van der Waals surface area contributed by atoms with Crippen molar-refractivity contribution in [2.45, 2.75) is 12.8 Å². The van der Waals surface area contributed by atoms with Crippen LogP contribution in [0.1, 0.15) is 12.8 Å². The zero-order valence-electron chi connectivity index (χ0n) is 6.84. The maximum absolute atomic E-state index is 11.2. The number of terminal acetylenes is 1. The van der Waals surface area contributed by atoms with Gasteiger partial charge in [0.15, 0.2) is 0 Å². The van der Waals surface area contributed by atoms with Crippen LogP contribution in [0.2, 0.25) is 0 Å². The van der Waals surface area contributed by atoms with Crippen LogP contribution in [0, 0.1) is 12.3 Å². The molecule has 0 radical (unpaired) electrons. The number of carbonyl (C=O) groups excluding carboxylic acids is 1. The Labute approximate surface area is 72.3 Å². The minimum Gasteiger partial charge on any atom is -0.351 e. The molecule has 62 valence electrons. The van der Waals surface area contributed by atoms with Crippen LogP contribution in [0.5, 0.6) is 0 Å². The van der Waals surface area contributed by atoms with Gasteiger partial charge in [-0.05, 0) is 6.42 Å². The summed E-state index contributed by atoms with van der Waals surface area (Å²) in [7, 11) is 0.